The van der Waals surface area contributed by atoms with Gasteiger partial charge in [-0.15, -0.1) is 0 Å². The predicted octanol–water partition coefficient (Wildman–Crippen LogP) is 2.55. The van der Waals surface area contributed by atoms with Crippen molar-refractivity contribution in [1.29, 1.82) is 0 Å². The van der Waals surface area contributed by atoms with Crippen LogP contribution in [0.3, 0.4) is 0 Å². The zero-order chi connectivity index (χ0) is 12.6. The molecular formula is C15H20O2. The number of Topliss-reactive ketones (excluding diaryl/α,β-unsaturated/α-hetero) is 1. The summed E-state index contributed by atoms with van der Waals surface area (Å²) in [5, 5.41) is 9.64. The Bertz CT molecular complexity index is 436. The second-order valence-electron chi connectivity index (χ2n) is 5.60. The Labute approximate surface area is 103 Å². The van der Waals surface area contributed by atoms with Crippen LogP contribution in [0.5, 0.6) is 0 Å². The van der Waals surface area contributed by atoms with Crippen LogP contribution < -0.4 is 0 Å². The smallest absolute Gasteiger partial charge is 0.146 e. The fourth-order valence-corrected chi connectivity index (χ4v) is 3.17. The van der Waals surface area contributed by atoms with E-state index in [1.807, 2.05) is 25.1 Å². The highest BCUT2D eigenvalue weighted by atomic mass is 16.3. The van der Waals surface area contributed by atoms with Crippen LogP contribution >= 0.6 is 0 Å². The lowest BCUT2D eigenvalue weighted by molar-refractivity contribution is -0.132. The number of aliphatic hydroxyl groups excluding tert-OH is 1. The molecule has 0 saturated heterocycles. The molecule has 1 aliphatic carbocycles. The van der Waals surface area contributed by atoms with E-state index in [2.05, 4.69) is 19.9 Å². The third-order valence-corrected chi connectivity index (χ3v) is 4.06. The SMILES string of the molecule is CC(C)[C@@H]1c2ccccc2CC(=O)[C@]1(C)CO. The molecule has 2 rings (SSSR count). The number of carbonyl (C=O) groups is 1. The van der Waals surface area contributed by atoms with Crippen molar-refractivity contribution in [2.24, 2.45) is 11.3 Å². The van der Waals surface area contributed by atoms with E-state index in [4.69, 9.17) is 0 Å². The number of hydrogen-bond acceptors (Lipinski definition) is 2. The molecule has 0 spiro atoms. The summed E-state index contributed by atoms with van der Waals surface area (Å²) in [5.74, 6) is 0.625. The number of rotatable bonds is 2. The van der Waals surface area contributed by atoms with E-state index in [0.717, 1.165) is 5.56 Å². The predicted molar refractivity (Wildman–Crippen MR) is 67.9 cm³/mol. The molecule has 2 atom stereocenters. The molecule has 1 N–H and O–H groups in total. The van der Waals surface area contributed by atoms with Gasteiger partial charge in [-0.05, 0) is 24.0 Å². The molecule has 1 aromatic carbocycles. The molecule has 0 heterocycles. The Hall–Kier alpha value is -1.15. The van der Waals surface area contributed by atoms with Gasteiger partial charge >= 0.3 is 0 Å². The summed E-state index contributed by atoms with van der Waals surface area (Å²) >= 11 is 0. The molecule has 1 aromatic rings. The lowest BCUT2D eigenvalue weighted by atomic mass is 9.61. The van der Waals surface area contributed by atoms with Crippen molar-refractivity contribution in [3.05, 3.63) is 35.4 Å². The van der Waals surface area contributed by atoms with Crippen molar-refractivity contribution < 1.29 is 9.90 Å². The second kappa shape index (κ2) is 4.26. The topological polar surface area (TPSA) is 37.3 Å². The van der Waals surface area contributed by atoms with Gasteiger partial charge in [-0.25, -0.2) is 0 Å². The van der Waals surface area contributed by atoms with Crippen LogP contribution in [0.15, 0.2) is 24.3 Å². The Morgan fingerprint density at radius 2 is 2.06 bits per heavy atom. The minimum atomic E-state index is -0.622. The van der Waals surface area contributed by atoms with E-state index in [1.54, 1.807) is 0 Å². The largest absolute Gasteiger partial charge is 0.395 e. The van der Waals surface area contributed by atoms with Gasteiger partial charge in [0.25, 0.3) is 0 Å². The maximum Gasteiger partial charge on any atom is 0.146 e. The maximum absolute atomic E-state index is 12.3. The average Bonchev–Trinajstić information content (AvgIpc) is 2.30. The molecule has 0 radical (unpaired) electrons. The average molecular weight is 232 g/mol. The molecule has 0 aromatic heterocycles. The molecule has 2 heteroatoms. The van der Waals surface area contributed by atoms with E-state index in [1.165, 1.54) is 5.56 Å². The van der Waals surface area contributed by atoms with Gasteiger partial charge in [-0.3, -0.25) is 4.79 Å². The van der Waals surface area contributed by atoms with Crippen molar-refractivity contribution in [2.75, 3.05) is 6.61 Å². The van der Waals surface area contributed by atoms with Gasteiger partial charge in [-0.1, -0.05) is 38.1 Å². The molecular weight excluding hydrogens is 212 g/mol. The van der Waals surface area contributed by atoms with Crippen LogP contribution in [0.25, 0.3) is 0 Å². The lowest BCUT2D eigenvalue weighted by Crippen LogP contribution is -2.44. The number of carbonyl (C=O) groups excluding carboxylic acids is 1. The van der Waals surface area contributed by atoms with E-state index in [-0.39, 0.29) is 18.3 Å². The summed E-state index contributed by atoms with van der Waals surface area (Å²) in [6.07, 6.45) is 0.455. The summed E-state index contributed by atoms with van der Waals surface area (Å²) in [7, 11) is 0. The fraction of sp³-hybridized carbons (Fsp3) is 0.533. The van der Waals surface area contributed by atoms with Gasteiger partial charge in [0.15, 0.2) is 0 Å². The van der Waals surface area contributed by atoms with Crippen LogP contribution in [0, 0.1) is 11.3 Å². The van der Waals surface area contributed by atoms with E-state index in [0.29, 0.717) is 12.3 Å². The number of fused-ring (bicyclic) bond motifs is 1. The van der Waals surface area contributed by atoms with Crippen molar-refractivity contribution in [3.63, 3.8) is 0 Å². The Balaban J connectivity index is 2.59. The Morgan fingerprint density at radius 3 is 2.65 bits per heavy atom. The van der Waals surface area contributed by atoms with Gasteiger partial charge < -0.3 is 5.11 Å². The third-order valence-electron chi connectivity index (χ3n) is 4.06. The monoisotopic (exact) mass is 232 g/mol. The summed E-state index contributed by atoms with van der Waals surface area (Å²) in [6.45, 7) is 6.07. The minimum absolute atomic E-state index is 0.0665. The van der Waals surface area contributed by atoms with Gasteiger partial charge in [0.2, 0.25) is 0 Å². The van der Waals surface area contributed by atoms with Gasteiger partial charge in [0.1, 0.15) is 5.78 Å². The molecule has 0 fully saturated rings. The molecule has 92 valence electrons. The van der Waals surface area contributed by atoms with Crippen LogP contribution in [0.2, 0.25) is 0 Å². The first-order valence-electron chi connectivity index (χ1n) is 6.22. The van der Waals surface area contributed by atoms with E-state index >= 15 is 0 Å². The first-order chi connectivity index (χ1) is 8.00. The third kappa shape index (κ3) is 1.81. The lowest BCUT2D eigenvalue weighted by Gasteiger charge is -2.42. The first-order valence-corrected chi connectivity index (χ1v) is 6.22. The molecule has 0 aliphatic heterocycles. The number of ketones is 1. The van der Waals surface area contributed by atoms with Crippen LogP contribution in [-0.2, 0) is 11.2 Å². The molecule has 1 aliphatic rings. The van der Waals surface area contributed by atoms with Crippen molar-refractivity contribution in [1.82, 2.24) is 0 Å². The van der Waals surface area contributed by atoms with Crippen molar-refractivity contribution in [3.8, 4) is 0 Å². The normalized spacial score (nSPS) is 28.3. The summed E-state index contributed by atoms with van der Waals surface area (Å²) < 4.78 is 0. The first kappa shape index (κ1) is 12.3. The Morgan fingerprint density at radius 1 is 1.41 bits per heavy atom. The Kier molecular flexibility index (Phi) is 3.09. The minimum Gasteiger partial charge on any atom is -0.395 e. The van der Waals surface area contributed by atoms with Crippen molar-refractivity contribution >= 4 is 5.78 Å². The number of aliphatic hydroxyl groups is 1. The summed E-state index contributed by atoms with van der Waals surface area (Å²) in [6, 6.07) is 8.12. The molecule has 0 saturated carbocycles. The highest BCUT2D eigenvalue weighted by Gasteiger charge is 2.46. The molecule has 0 unspecified atom stereocenters. The standard InChI is InChI=1S/C15H20O2/c1-10(2)14-12-7-5-4-6-11(12)8-13(17)15(14,3)9-16/h4-7,10,14,16H,8-9H2,1-3H3/t14-,15+/m1/s1. The molecule has 2 nitrogen and oxygen atoms in total. The van der Waals surface area contributed by atoms with Gasteiger partial charge in [-0.2, -0.15) is 0 Å². The van der Waals surface area contributed by atoms with E-state index < -0.39 is 5.41 Å². The maximum atomic E-state index is 12.3. The highest BCUT2D eigenvalue weighted by molar-refractivity contribution is 5.90. The van der Waals surface area contributed by atoms with E-state index in [9.17, 15) is 9.90 Å². The number of hydrogen-bond donors (Lipinski definition) is 1. The van der Waals surface area contributed by atoms with Gasteiger partial charge in [0.05, 0.1) is 12.0 Å². The molecule has 17 heavy (non-hydrogen) atoms. The zero-order valence-corrected chi connectivity index (χ0v) is 10.7. The highest BCUT2D eigenvalue weighted by Crippen LogP contribution is 2.46. The zero-order valence-electron chi connectivity index (χ0n) is 10.7. The quantitative estimate of drug-likeness (QED) is 0.851. The van der Waals surface area contributed by atoms with Crippen molar-refractivity contribution in [2.45, 2.75) is 33.1 Å². The number of benzene rings is 1. The molecule has 0 bridgehead atoms. The summed E-state index contributed by atoms with van der Waals surface area (Å²) in [5.41, 5.74) is 1.74. The van der Waals surface area contributed by atoms with Crippen LogP contribution in [-0.4, -0.2) is 17.5 Å². The van der Waals surface area contributed by atoms with Gasteiger partial charge in [0, 0.05) is 12.3 Å². The second-order valence-corrected chi connectivity index (χ2v) is 5.60. The van der Waals surface area contributed by atoms with Crippen LogP contribution in [0.4, 0.5) is 0 Å². The van der Waals surface area contributed by atoms with Crippen LogP contribution in [0.1, 0.15) is 37.8 Å². The fourth-order valence-electron chi connectivity index (χ4n) is 3.17. The summed E-state index contributed by atoms with van der Waals surface area (Å²) in [4.78, 5) is 12.3. The molecule has 0 amide bonds.